The van der Waals surface area contributed by atoms with E-state index in [1.807, 2.05) is 0 Å². The van der Waals surface area contributed by atoms with E-state index >= 15 is 0 Å². The summed E-state index contributed by atoms with van der Waals surface area (Å²) < 4.78 is 18.8. The van der Waals surface area contributed by atoms with Crippen LogP contribution in [0.25, 0.3) is 0 Å². The van der Waals surface area contributed by atoms with E-state index in [1.165, 1.54) is 6.20 Å². The number of pyridine rings is 1. The number of aromatic carboxylic acids is 1. The SMILES string of the molecule is O=C(O)c1ccnc(NCC2CCOC2)c1F. The number of aromatic nitrogens is 1. The van der Waals surface area contributed by atoms with Gasteiger partial charge in [0.25, 0.3) is 0 Å². The molecular formula is C11H13FN2O3. The van der Waals surface area contributed by atoms with Crippen LogP contribution in [0.1, 0.15) is 16.8 Å². The highest BCUT2D eigenvalue weighted by Crippen LogP contribution is 2.17. The van der Waals surface area contributed by atoms with E-state index in [-0.39, 0.29) is 11.4 Å². The first-order valence-corrected chi connectivity index (χ1v) is 5.38. The van der Waals surface area contributed by atoms with Gasteiger partial charge < -0.3 is 15.2 Å². The topological polar surface area (TPSA) is 71.5 Å². The summed E-state index contributed by atoms with van der Waals surface area (Å²) in [4.78, 5) is 14.5. The molecule has 2 N–H and O–H groups in total. The highest BCUT2D eigenvalue weighted by atomic mass is 19.1. The maximum Gasteiger partial charge on any atom is 0.338 e. The number of ether oxygens (including phenoxy) is 1. The van der Waals surface area contributed by atoms with Crippen LogP contribution in [0.15, 0.2) is 12.3 Å². The van der Waals surface area contributed by atoms with Crippen molar-refractivity contribution in [1.29, 1.82) is 0 Å². The second-order valence-corrected chi connectivity index (χ2v) is 3.94. The molecule has 0 radical (unpaired) electrons. The van der Waals surface area contributed by atoms with E-state index in [2.05, 4.69) is 10.3 Å². The smallest absolute Gasteiger partial charge is 0.338 e. The third kappa shape index (κ3) is 2.71. The molecular weight excluding hydrogens is 227 g/mol. The molecule has 1 unspecified atom stereocenters. The van der Waals surface area contributed by atoms with Crippen molar-refractivity contribution in [3.05, 3.63) is 23.6 Å². The predicted octanol–water partition coefficient (Wildman–Crippen LogP) is 1.37. The first-order valence-electron chi connectivity index (χ1n) is 5.38. The molecule has 1 fully saturated rings. The molecule has 1 atom stereocenters. The van der Waals surface area contributed by atoms with Gasteiger partial charge >= 0.3 is 5.97 Å². The number of nitrogens with one attached hydrogen (secondary N) is 1. The van der Waals surface area contributed by atoms with E-state index in [4.69, 9.17) is 9.84 Å². The standard InChI is InChI=1S/C11H13FN2O3/c12-9-8(11(15)16)1-3-13-10(9)14-5-7-2-4-17-6-7/h1,3,7H,2,4-6H2,(H,13,14)(H,15,16). The van der Waals surface area contributed by atoms with Crippen LogP contribution in [-0.4, -0.2) is 35.8 Å². The van der Waals surface area contributed by atoms with E-state index in [0.29, 0.717) is 19.1 Å². The Morgan fingerprint density at radius 1 is 1.71 bits per heavy atom. The van der Waals surface area contributed by atoms with Crippen molar-refractivity contribution in [1.82, 2.24) is 4.98 Å². The molecule has 1 aromatic rings. The first kappa shape index (κ1) is 11.8. The lowest BCUT2D eigenvalue weighted by Gasteiger charge is -2.11. The molecule has 5 nitrogen and oxygen atoms in total. The van der Waals surface area contributed by atoms with Gasteiger partial charge in [-0.1, -0.05) is 0 Å². The summed E-state index contributed by atoms with van der Waals surface area (Å²) in [5, 5.41) is 11.6. The maximum absolute atomic E-state index is 13.7. The lowest BCUT2D eigenvalue weighted by atomic mass is 10.1. The minimum Gasteiger partial charge on any atom is -0.478 e. The number of hydrogen-bond donors (Lipinski definition) is 2. The summed E-state index contributed by atoms with van der Waals surface area (Å²) in [6, 6.07) is 1.14. The average Bonchev–Trinajstić information content (AvgIpc) is 2.80. The molecule has 1 saturated heterocycles. The van der Waals surface area contributed by atoms with Crippen molar-refractivity contribution in [2.45, 2.75) is 6.42 Å². The van der Waals surface area contributed by atoms with E-state index in [9.17, 15) is 9.18 Å². The van der Waals surface area contributed by atoms with Gasteiger partial charge in [-0.05, 0) is 12.5 Å². The van der Waals surface area contributed by atoms with Gasteiger partial charge in [-0.15, -0.1) is 0 Å². The summed E-state index contributed by atoms with van der Waals surface area (Å²) in [6.45, 7) is 1.90. The van der Waals surface area contributed by atoms with Crippen LogP contribution in [-0.2, 0) is 4.74 Å². The Balaban J connectivity index is 2.04. The Hall–Kier alpha value is -1.69. The number of carboxylic acid groups (broad SMARTS) is 1. The third-order valence-corrected chi connectivity index (χ3v) is 2.70. The first-order chi connectivity index (χ1) is 8.18. The molecule has 92 valence electrons. The normalized spacial score (nSPS) is 19.2. The minimum atomic E-state index is -1.29. The predicted molar refractivity (Wildman–Crippen MR) is 58.6 cm³/mol. The third-order valence-electron chi connectivity index (χ3n) is 2.70. The van der Waals surface area contributed by atoms with Gasteiger partial charge in [0, 0.05) is 25.3 Å². The zero-order chi connectivity index (χ0) is 12.3. The summed E-state index contributed by atoms with van der Waals surface area (Å²) >= 11 is 0. The van der Waals surface area contributed by atoms with Gasteiger partial charge in [0.15, 0.2) is 11.6 Å². The number of hydrogen-bond acceptors (Lipinski definition) is 4. The monoisotopic (exact) mass is 240 g/mol. The molecule has 2 rings (SSSR count). The van der Waals surface area contributed by atoms with E-state index in [1.54, 1.807) is 0 Å². The van der Waals surface area contributed by atoms with Gasteiger partial charge in [0.1, 0.15) is 5.56 Å². The van der Waals surface area contributed by atoms with Gasteiger partial charge in [0.05, 0.1) is 6.61 Å². The lowest BCUT2D eigenvalue weighted by Crippen LogP contribution is -2.16. The van der Waals surface area contributed by atoms with Gasteiger partial charge in [-0.3, -0.25) is 0 Å². The van der Waals surface area contributed by atoms with Crippen LogP contribution in [0.4, 0.5) is 10.2 Å². The zero-order valence-electron chi connectivity index (χ0n) is 9.15. The average molecular weight is 240 g/mol. The van der Waals surface area contributed by atoms with Gasteiger partial charge in [-0.25, -0.2) is 14.2 Å². The summed E-state index contributed by atoms with van der Waals surface area (Å²) in [7, 11) is 0. The maximum atomic E-state index is 13.7. The number of rotatable bonds is 4. The number of halogens is 1. The second-order valence-electron chi connectivity index (χ2n) is 3.94. The number of anilines is 1. The molecule has 0 bridgehead atoms. The molecule has 6 heteroatoms. The molecule has 17 heavy (non-hydrogen) atoms. The van der Waals surface area contributed by atoms with Crippen molar-refractivity contribution >= 4 is 11.8 Å². The van der Waals surface area contributed by atoms with Crippen molar-refractivity contribution < 1.29 is 19.0 Å². The van der Waals surface area contributed by atoms with Crippen molar-refractivity contribution in [2.75, 3.05) is 25.1 Å². The van der Waals surface area contributed by atoms with E-state index in [0.717, 1.165) is 19.1 Å². The number of nitrogens with zero attached hydrogens (tertiary/aromatic N) is 1. The Kier molecular flexibility index (Phi) is 3.53. The summed E-state index contributed by atoms with van der Waals surface area (Å²) in [5.74, 6) is -1.81. The molecule has 1 aliphatic rings. The lowest BCUT2D eigenvalue weighted by molar-refractivity contribution is 0.0692. The molecule has 1 aromatic heterocycles. The van der Waals surface area contributed by atoms with Crippen LogP contribution in [0.5, 0.6) is 0 Å². The molecule has 0 spiro atoms. The molecule has 0 aromatic carbocycles. The van der Waals surface area contributed by atoms with Crippen molar-refractivity contribution in [3.63, 3.8) is 0 Å². The van der Waals surface area contributed by atoms with Crippen LogP contribution in [0.2, 0.25) is 0 Å². The minimum absolute atomic E-state index is 0.0169. The summed E-state index contributed by atoms with van der Waals surface area (Å²) in [5.41, 5.74) is -0.370. The fraction of sp³-hybridized carbons (Fsp3) is 0.455. The van der Waals surface area contributed by atoms with E-state index < -0.39 is 11.8 Å². The van der Waals surface area contributed by atoms with Crippen LogP contribution >= 0.6 is 0 Å². The van der Waals surface area contributed by atoms with Crippen LogP contribution in [0, 0.1) is 11.7 Å². The van der Waals surface area contributed by atoms with Gasteiger partial charge in [0.2, 0.25) is 0 Å². The second kappa shape index (κ2) is 5.09. The number of carbonyl (C=O) groups is 1. The highest BCUT2D eigenvalue weighted by Gasteiger charge is 2.18. The van der Waals surface area contributed by atoms with Crippen molar-refractivity contribution in [3.8, 4) is 0 Å². The Morgan fingerprint density at radius 3 is 3.18 bits per heavy atom. The fourth-order valence-electron chi connectivity index (χ4n) is 1.72. The largest absolute Gasteiger partial charge is 0.478 e. The quantitative estimate of drug-likeness (QED) is 0.831. The molecule has 0 amide bonds. The summed E-state index contributed by atoms with van der Waals surface area (Å²) in [6.07, 6.45) is 2.20. The van der Waals surface area contributed by atoms with Crippen molar-refractivity contribution in [2.24, 2.45) is 5.92 Å². The number of carboxylic acids is 1. The van der Waals surface area contributed by atoms with Crippen LogP contribution in [0.3, 0.4) is 0 Å². The molecule has 2 heterocycles. The van der Waals surface area contributed by atoms with Gasteiger partial charge in [-0.2, -0.15) is 0 Å². The highest BCUT2D eigenvalue weighted by molar-refractivity contribution is 5.88. The molecule has 1 aliphatic heterocycles. The Morgan fingerprint density at radius 2 is 2.53 bits per heavy atom. The fourth-order valence-corrected chi connectivity index (χ4v) is 1.72. The van der Waals surface area contributed by atoms with Crippen LogP contribution < -0.4 is 5.32 Å². The Labute approximate surface area is 97.6 Å². The zero-order valence-corrected chi connectivity index (χ0v) is 9.15. The molecule has 0 saturated carbocycles. The molecule has 0 aliphatic carbocycles. The Bertz CT molecular complexity index is 419.